The lowest BCUT2D eigenvalue weighted by Gasteiger charge is -2.19. The molecule has 1 aromatic heterocycles. The summed E-state index contributed by atoms with van der Waals surface area (Å²) in [6.45, 7) is 4.61. The van der Waals surface area contributed by atoms with Crippen molar-refractivity contribution in [3.05, 3.63) is 24.0 Å². The predicted octanol–water partition coefficient (Wildman–Crippen LogP) is 1.54. The van der Waals surface area contributed by atoms with Gasteiger partial charge in [0.15, 0.2) is 5.78 Å². The molecule has 0 radical (unpaired) electrons. The highest BCUT2D eigenvalue weighted by atomic mass is 16.1. The summed E-state index contributed by atoms with van der Waals surface area (Å²) in [6, 6.07) is 4.04. The fourth-order valence-corrected chi connectivity index (χ4v) is 0.998. The molecular weight excluding hydrogens is 164 g/mol. The number of carbonyl (C=O) groups is 1. The van der Waals surface area contributed by atoms with Gasteiger partial charge >= 0.3 is 0 Å². The fraction of sp³-hybridized carbons (Fsp3) is 0.500. The van der Waals surface area contributed by atoms with Crippen LogP contribution in [0.25, 0.3) is 0 Å². The van der Waals surface area contributed by atoms with Crippen molar-refractivity contribution in [1.82, 2.24) is 9.88 Å². The minimum atomic E-state index is 0.140. The number of Topliss-reactive ketones (excluding diaryl/α,β-unsaturated/α-hetero) is 1. The molecule has 72 valence electrons. The van der Waals surface area contributed by atoms with E-state index in [1.165, 1.54) is 0 Å². The number of ketones is 1. The van der Waals surface area contributed by atoms with Gasteiger partial charge in [0.2, 0.25) is 0 Å². The first kappa shape index (κ1) is 9.99. The van der Waals surface area contributed by atoms with Crippen molar-refractivity contribution < 1.29 is 4.79 Å². The van der Waals surface area contributed by atoms with E-state index in [1.54, 1.807) is 12.3 Å². The molecule has 0 bridgehead atoms. The molecule has 3 nitrogen and oxygen atoms in total. The summed E-state index contributed by atoms with van der Waals surface area (Å²) >= 11 is 0. The van der Waals surface area contributed by atoms with Crippen LogP contribution in [0.4, 0.5) is 0 Å². The lowest BCUT2D eigenvalue weighted by Crippen LogP contribution is -2.32. The number of hydrogen-bond acceptors (Lipinski definition) is 2. The Morgan fingerprint density at radius 2 is 2.31 bits per heavy atom. The van der Waals surface area contributed by atoms with Gasteiger partial charge in [0.25, 0.3) is 0 Å². The zero-order chi connectivity index (χ0) is 9.84. The topological polar surface area (TPSA) is 36.1 Å². The van der Waals surface area contributed by atoms with E-state index in [2.05, 4.69) is 18.8 Å². The van der Waals surface area contributed by atoms with Gasteiger partial charge in [-0.2, -0.15) is 0 Å². The maximum Gasteiger partial charge on any atom is 0.192 e. The Labute approximate surface area is 78.8 Å². The van der Waals surface area contributed by atoms with E-state index in [1.807, 2.05) is 18.0 Å². The van der Waals surface area contributed by atoms with Gasteiger partial charge in [-0.15, -0.1) is 0 Å². The van der Waals surface area contributed by atoms with Gasteiger partial charge in [-0.25, -0.2) is 0 Å². The molecule has 0 aliphatic carbocycles. The molecule has 1 aromatic rings. The minimum absolute atomic E-state index is 0.140. The lowest BCUT2D eigenvalue weighted by molar-refractivity contribution is 0.0925. The Morgan fingerprint density at radius 3 is 2.77 bits per heavy atom. The molecule has 0 fully saturated rings. The molecule has 1 heterocycles. The molecule has 3 heteroatoms. The third-order valence-corrected chi connectivity index (χ3v) is 2.17. The molecule has 0 aliphatic rings. The van der Waals surface area contributed by atoms with Gasteiger partial charge in [-0.1, -0.05) is 0 Å². The molecule has 0 aliphatic heterocycles. The van der Waals surface area contributed by atoms with E-state index >= 15 is 0 Å². The van der Waals surface area contributed by atoms with Crippen LogP contribution in [0.5, 0.6) is 0 Å². The van der Waals surface area contributed by atoms with Crippen LogP contribution in [0.3, 0.4) is 0 Å². The molecule has 0 aromatic carbocycles. The molecule has 0 saturated carbocycles. The first-order chi connectivity index (χ1) is 6.11. The highest BCUT2D eigenvalue weighted by Gasteiger charge is 2.11. The van der Waals surface area contributed by atoms with Crippen LogP contribution in [-0.4, -0.2) is 35.3 Å². The van der Waals surface area contributed by atoms with E-state index in [4.69, 9.17) is 0 Å². The maximum absolute atomic E-state index is 11.5. The SMILES string of the molecule is CC(C)N(C)CC(=O)c1ccc[nH]1. The Morgan fingerprint density at radius 1 is 1.62 bits per heavy atom. The van der Waals surface area contributed by atoms with E-state index in [-0.39, 0.29) is 5.78 Å². The van der Waals surface area contributed by atoms with Crippen molar-refractivity contribution in [1.29, 1.82) is 0 Å². The number of likely N-dealkylation sites (N-methyl/N-ethyl adjacent to an activating group) is 1. The molecule has 13 heavy (non-hydrogen) atoms. The third-order valence-electron chi connectivity index (χ3n) is 2.17. The van der Waals surface area contributed by atoms with Crippen molar-refractivity contribution in [2.75, 3.05) is 13.6 Å². The zero-order valence-electron chi connectivity index (χ0n) is 8.37. The molecule has 1 N–H and O–H groups in total. The Hall–Kier alpha value is -1.09. The summed E-state index contributed by atoms with van der Waals surface area (Å²) in [5.74, 6) is 0.140. The summed E-state index contributed by atoms with van der Waals surface area (Å²) in [5, 5.41) is 0. The monoisotopic (exact) mass is 180 g/mol. The van der Waals surface area contributed by atoms with Gasteiger partial charge in [0.1, 0.15) is 0 Å². The Bertz CT molecular complexity index is 264. The van der Waals surface area contributed by atoms with Crippen LogP contribution in [-0.2, 0) is 0 Å². The number of rotatable bonds is 4. The Kier molecular flexibility index (Phi) is 3.25. The molecule has 0 unspecified atom stereocenters. The largest absolute Gasteiger partial charge is 0.359 e. The predicted molar refractivity (Wildman–Crippen MR) is 52.9 cm³/mol. The summed E-state index contributed by atoms with van der Waals surface area (Å²) in [4.78, 5) is 16.5. The van der Waals surface area contributed by atoms with E-state index in [0.717, 1.165) is 0 Å². The number of aromatic nitrogens is 1. The van der Waals surface area contributed by atoms with E-state index < -0.39 is 0 Å². The number of nitrogens with one attached hydrogen (secondary N) is 1. The first-order valence-corrected chi connectivity index (χ1v) is 4.48. The number of carbonyl (C=O) groups excluding carboxylic acids is 1. The molecule has 0 saturated heterocycles. The van der Waals surface area contributed by atoms with Crippen molar-refractivity contribution in [2.24, 2.45) is 0 Å². The van der Waals surface area contributed by atoms with E-state index in [9.17, 15) is 4.79 Å². The van der Waals surface area contributed by atoms with Gasteiger partial charge < -0.3 is 4.98 Å². The summed E-state index contributed by atoms with van der Waals surface area (Å²) in [7, 11) is 1.95. The fourth-order valence-electron chi connectivity index (χ4n) is 0.998. The number of hydrogen-bond donors (Lipinski definition) is 1. The highest BCUT2D eigenvalue weighted by Crippen LogP contribution is 2.00. The van der Waals surface area contributed by atoms with Gasteiger partial charge in [-0.3, -0.25) is 9.69 Å². The highest BCUT2D eigenvalue weighted by molar-refractivity contribution is 5.95. The number of aromatic amines is 1. The second-order valence-electron chi connectivity index (χ2n) is 3.52. The minimum Gasteiger partial charge on any atom is -0.359 e. The Balaban J connectivity index is 2.52. The quantitative estimate of drug-likeness (QED) is 0.713. The standard InChI is InChI=1S/C10H16N2O/c1-8(2)12(3)7-10(13)9-5-4-6-11-9/h4-6,8,11H,7H2,1-3H3. The second kappa shape index (κ2) is 4.23. The molecular formula is C10H16N2O. The summed E-state index contributed by atoms with van der Waals surface area (Å²) < 4.78 is 0. The van der Waals surface area contributed by atoms with E-state index in [0.29, 0.717) is 18.3 Å². The van der Waals surface area contributed by atoms with Crippen LogP contribution in [0.2, 0.25) is 0 Å². The van der Waals surface area contributed by atoms with Gasteiger partial charge in [0.05, 0.1) is 12.2 Å². The normalized spacial score (nSPS) is 11.2. The summed E-state index contributed by atoms with van der Waals surface area (Å²) in [6.07, 6.45) is 1.77. The molecule has 1 rings (SSSR count). The molecule has 0 atom stereocenters. The molecule has 0 amide bonds. The van der Waals surface area contributed by atoms with Crippen LogP contribution in [0.15, 0.2) is 18.3 Å². The maximum atomic E-state index is 11.5. The second-order valence-corrected chi connectivity index (χ2v) is 3.52. The van der Waals surface area contributed by atoms with Gasteiger partial charge in [-0.05, 0) is 33.0 Å². The van der Waals surface area contributed by atoms with Crippen LogP contribution in [0, 0.1) is 0 Å². The van der Waals surface area contributed by atoms with Crippen LogP contribution in [0.1, 0.15) is 24.3 Å². The summed E-state index contributed by atoms with van der Waals surface area (Å²) in [5.41, 5.74) is 0.688. The van der Waals surface area contributed by atoms with Crippen molar-refractivity contribution >= 4 is 5.78 Å². The average Bonchev–Trinajstić information content (AvgIpc) is 2.55. The smallest absolute Gasteiger partial charge is 0.192 e. The van der Waals surface area contributed by atoms with Crippen molar-refractivity contribution in [3.8, 4) is 0 Å². The van der Waals surface area contributed by atoms with Crippen LogP contribution >= 0.6 is 0 Å². The zero-order valence-corrected chi connectivity index (χ0v) is 8.37. The van der Waals surface area contributed by atoms with Crippen LogP contribution < -0.4 is 0 Å². The van der Waals surface area contributed by atoms with Crippen molar-refractivity contribution in [3.63, 3.8) is 0 Å². The average molecular weight is 180 g/mol. The first-order valence-electron chi connectivity index (χ1n) is 4.48. The third kappa shape index (κ3) is 2.70. The number of H-pyrrole nitrogens is 1. The van der Waals surface area contributed by atoms with Gasteiger partial charge in [0, 0.05) is 12.2 Å². The lowest BCUT2D eigenvalue weighted by atomic mass is 10.2. The number of nitrogens with zero attached hydrogens (tertiary/aromatic N) is 1. The molecule has 0 spiro atoms. The van der Waals surface area contributed by atoms with Crippen molar-refractivity contribution in [2.45, 2.75) is 19.9 Å².